The molecule has 0 saturated carbocycles. The van der Waals surface area contributed by atoms with Gasteiger partial charge in [0, 0.05) is 23.9 Å². The predicted octanol–water partition coefficient (Wildman–Crippen LogP) is 3.44. The van der Waals surface area contributed by atoms with Crippen LogP contribution in [0.4, 0.5) is 17.6 Å². The molecule has 2 N–H and O–H groups in total. The van der Waals surface area contributed by atoms with E-state index in [0.717, 1.165) is 0 Å². The highest BCUT2D eigenvalue weighted by Crippen LogP contribution is 2.21. The standard InChI is InChI=1S/C15H21F4N3S/c1-5-20-14(22-8-15(2,3)23-4)21-7-9-12(18)10(16)6-11(17)13(9)19/h6H,5,7-8H2,1-4H3,(H2,20,21,22). The first-order chi connectivity index (χ1) is 10.7. The van der Waals surface area contributed by atoms with E-state index < -0.39 is 35.4 Å². The number of hydrogen-bond donors (Lipinski definition) is 2. The van der Waals surface area contributed by atoms with Gasteiger partial charge in [-0.05, 0) is 27.0 Å². The maximum absolute atomic E-state index is 13.6. The van der Waals surface area contributed by atoms with Crippen LogP contribution < -0.4 is 10.6 Å². The highest BCUT2D eigenvalue weighted by molar-refractivity contribution is 7.99. The molecule has 0 spiro atoms. The fourth-order valence-electron chi connectivity index (χ4n) is 1.63. The molecule has 0 radical (unpaired) electrons. The van der Waals surface area contributed by atoms with Crippen molar-refractivity contribution in [3.8, 4) is 0 Å². The summed E-state index contributed by atoms with van der Waals surface area (Å²) >= 11 is 1.65. The SMILES string of the molecule is CCNC(=NCc1c(F)c(F)cc(F)c1F)NCC(C)(C)SC. The van der Waals surface area contributed by atoms with Gasteiger partial charge in [-0.1, -0.05) is 0 Å². The summed E-state index contributed by atoms with van der Waals surface area (Å²) in [6.45, 7) is 6.46. The average Bonchev–Trinajstić information content (AvgIpc) is 2.50. The van der Waals surface area contributed by atoms with Crippen LogP contribution in [0, 0.1) is 23.3 Å². The lowest BCUT2D eigenvalue weighted by Gasteiger charge is -2.23. The molecule has 0 atom stereocenters. The Bertz CT molecular complexity index is 550. The van der Waals surface area contributed by atoms with Crippen LogP contribution in [0.5, 0.6) is 0 Å². The van der Waals surface area contributed by atoms with E-state index in [9.17, 15) is 17.6 Å². The van der Waals surface area contributed by atoms with Gasteiger partial charge in [0.15, 0.2) is 29.2 Å². The van der Waals surface area contributed by atoms with Crippen LogP contribution >= 0.6 is 11.8 Å². The Labute approximate surface area is 137 Å². The molecule has 1 rings (SSSR count). The van der Waals surface area contributed by atoms with Crippen molar-refractivity contribution in [2.75, 3.05) is 19.3 Å². The van der Waals surface area contributed by atoms with Gasteiger partial charge in [0.05, 0.1) is 12.1 Å². The van der Waals surface area contributed by atoms with Gasteiger partial charge in [-0.2, -0.15) is 11.8 Å². The average molecular weight is 351 g/mol. The third-order valence-electron chi connectivity index (χ3n) is 3.18. The van der Waals surface area contributed by atoms with E-state index in [1.165, 1.54) is 0 Å². The van der Waals surface area contributed by atoms with Crippen LogP contribution in [-0.4, -0.2) is 30.1 Å². The molecule has 0 unspecified atom stereocenters. The summed E-state index contributed by atoms with van der Waals surface area (Å²) in [6.07, 6.45) is 1.96. The number of benzene rings is 1. The van der Waals surface area contributed by atoms with Gasteiger partial charge in [0.2, 0.25) is 0 Å². The van der Waals surface area contributed by atoms with Gasteiger partial charge in [0.25, 0.3) is 0 Å². The lowest BCUT2D eigenvalue weighted by molar-refractivity contribution is 0.439. The van der Waals surface area contributed by atoms with Gasteiger partial charge < -0.3 is 10.6 Å². The van der Waals surface area contributed by atoms with Crippen molar-refractivity contribution in [1.29, 1.82) is 0 Å². The van der Waals surface area contributed by atoms with Gasteiger partial charge in [-0.3, -0.25) is 0 Å². The van der Waals surface area contributed by atoms with Gasteiger partial charge >= 0.3 is 0 Å². The fraction of sp³-hybridized carbons (Fsp3) is 0.533. The molecular weight excluding hydrogens is 330 g/mol. The zero-order valence-corrected chi connectivity index (χ0v) is 14.4. The number of hydrogen-bond acceptors (Lipinski definition) is 2. The van der Waals surface area contributed by atoms with Crippen LogP contribution in [-0.2, 0) is 6.54 Å². The first kappa shape index (κ1) is 19.6. The maximum Gasteiger partial charge on any atom is 0.191 e. The van der Waals surface area contributed by atoms with E-state index in [4.69, 9.17) is 0 Å². The van der Waals surface area contributed by atoms with Gasteiger partial charge in [-0.25, -0.2) is 22.6 Å². The Balaban J connectivity index is 2.94. The number of halogens is 4. The summed E-state index contributed by atoms with van der Waals surface area (Å²) in [4.78, 5) is 4.00. The fourth-order valence-corrected chi connectivity index (χ4v) is 1.85. The molecule has 0 aromatic heterocycles. The largest absolute Gasteiger partial charge is 0.357 e. The molecule has 23 heavy (non-hydrogen) atoms. The van der Waals surface area contributed by atoms with Crippen molar-refractivity contribution in [3.05, 3.63) is 34.9 Å². The van der Waals surface area contributed by atoms with E-state index in [0.29, 0.717) is 19.0 Å². The quantitative estimate of drug-likeness (QED) is 0.357. The Morgan fingerprint density at radius 1 is 1.13 bits per heavy atom. The second-order valence-electron chi connectivity index (χ2n) is 5.46. The number of nitrogens with zero attached hydrogens (tertiary/aromatic N) is 1. The van der Waals surface area contributed by atoms with Crippen molar-refractivity contribution in [2.45, 2.75) is 32.1 Å². The number of rotatable bonds is 6. The van der Waals surface area contributed by atoms with Crippen molar-refractivity contribution in [3.63, 3.8) is 0 Å². The number of aliphatic imine (C=N–C) groups is 1. The van der Waals surface area contributed by atoms with Crippen molar-refractivity contribution in [1.82, 2.24) is 10.6 Å². The molecule has 1 aromatic carbocycles. The van der Waals surface area contributed by atoms with Gasteiger partial charge in [0.1, 0.15) is 0 Å². The summed E-state index contributed by atoms with van der Waals surface area (Å²) in [5.41, 5.74) is -0.733. The van der Waals surface area contributed by atoms with Crippen LogP contribution in [0.25, 0.3) is 0 Å². The van der Waals surface area contributed by atoms with E-state index in [1.54, 1.807) is 11.8 Å². The number of nitrogens with one attached hydrogen (secondary N) is 2. The minimum atomic E-state index is -1.43. The van der Waals surface area contributed by atoms with Crippen LogP contribution in [0.3, 0.4) is 0 Å². The molecular formula is C15H21F4N3S. The minimum absolute atomic E-state index is 0.0718. The summed E-state index contributed by atoms with van der Waals surface area (Å²) in [7, 11) is 0. The Morgan fingerprint density at radius 2 is 1.70 bits per heavy atom. The lowest BCUT2D eigenvalue weighted by Crippen LogP contribution is -2.43. The Hall–Kier alpha value is -1.44. The highest BCUT2D eigenvalue weighted by atomic mass is 32.2. The third-order valence-corrected chi connectivity index (χ3v) is 4.43. The zero-order chi connectivity index (χ0) is 17.6. The molecule has 0 amide bonds. The lowest BCUT2D eigenvalue weighted by atomic mass is 10.2. The molecule has 0 fully saturated rings. The number of guanidine groups is 1. The molecule has 0 aliphatic heterocycles. The normalized spacial score (nSPS) is 12.4. The van der Waals surface area contributed by atoms with Gasteiger partial charge in [-0.15, -0.1) is 0 Å². The van der Waals surface area contributed by atoms with Crippen LogP contribution in [0.1, 0.15) is 26.3 Å². The van der Waals surface area contributed by atoms with Crippen LogP contribution in [0.2, 0.25) is 0 Å². The molecule has 8 heteroatoms. The zero-order valence-electron chi connectivity index (χ0n) is 13.6. The molecule has 0 heterocycles. The van der Waals surface area contributed by atoms with Crippen molar-refractivity contribution < 1.29 is 17.6 Å². The van der Waals surface area contributed by atoms with E-state index in [2.05, 4.69) is 15.6 Å². The molecule has 1 aromatic rings. The maximum atomic E-state index is 13.6. The van der Waals surface area contributed by atoms with Crippen molar-refractivity contribution in [2.24, 2.45) is 4.99 Å². The van der Waals surface area contributed by atoms with E-state index in [1.807, 2.05) is 27.0 Å². The number of thioether (sulfide) groups is 1. The molecule has 130 valence electrons. The third kappa shape index (κ3) is 5.60. The monoisotopic (exact) mass is 351 g/mol. The summed E-state index contributed by atoms with van der Waals surface area (Å²) in [6, 6.07) is 0.183. The second-order valence-corrected chi connectivity index (χ2v) is 6.97. The summed E-state index contributed by atoms with van der Waals surface area (Å²) in [5, 5.41) is 5.95. The van der Waals surface area contributed by atoms with Crippen molar-refractivity contribution >= 4 is 17.7 Å². The summed E-state index contributed by atoms with van der Waals surface area (Å²) in [5.74, 6) is -5.40. The Kier molecular flexibility index (Phi) is 7.18. The predicted molar refractivity (Wildman–Crippen MR) is 86.7 cm³/mol. The summed E-state index contributed by atoms with van der Waals surface area (Å²) < 4.78 is 53.5. The van der Waals surface area contributed by atoms with E-state index >= 15 is 0 Å². The molecule has 0 saturated heterocycles. The Morgan fingerprint density at radius 3 is 2.17 bits per heavy atom. The topological polar surface area (TPSA) is 36.4 Å². The first-order valence-corrected chi connectivity index (χ1v) is 8.33. The highest BCUT2D eigenvalue weighted by Gasteiger charge is 2.19. The van der Waals surface area contributed by atoms with E-state index in [-0.39, 0.29) is 10.8 Å². The first-order valence-electron chi connectivity index (χ1n) is 7.11. The minimum Gasteiger partial charge on any atom is -0.357 e. The molecule has 3 nitrogen and oxygen atoms in total. The van der Waals surface area contributed by atoms with Crippen LogP contribution in [0.15, 0.2) is 11.1 Å². The molecule has 0 aliphatic rings. The second kappa shape index (κ2) is 8.42. The molecule has 0 aliphatic carbocycles. The molecule has 0 bridgehead atoms. The smallest absolute Gasteiger partial charge is 0.191 e.